The van der Waals surface area contributed by atoms with Crippen LogP contribution in [-0.4, -0.2) is 49.0 Å². The van der Waals surface area contributed by atoms with Crippen LogP contribution in [0.3, 0.4) is 0 Å². The topological polar surface area (TPSA) is 80.8 Å². The zero-order chi connectivity index (χ0) is 18.9. The third-order valence-corrected chi connectivity index (χ3v) is 3.85. The van der Waals surface area contributed by atoms with Gasteiger partial charge in [0.1, 0.15) is 0 Å². The molecule has 0 spiro atoms. The fourth-order valence-electron chi connectivity index (χ4n) is 2.44. The highest BCUT2D eigenvalue weighted by Gasteiger charge is 2.13. The minimum Gasteiger partial charge on any atom is -0.493 e. The van der Waals surface area contributed by atoms with E-state index >= 15 is 0 Å². The van der Waals surface area contributed by atoms with Crippen molar-refractivity contribution >= 4 is 11.8 Å². The third-order valence-electron chi connectivity index (χ3n) is 3.85. The number of methoxy groups -OCH3 is 2. The SMILES string of the molecule is COc1ccc(C(=O)NCCN(Cc2cccnc2)C(C)=O)cc1OC. The number of hydrogen-bond acceptors (Lipinski definition) is 5. The van der Waals surface area contributed by atoms with Crippen LogP contribution in [0.5, 0.6) is 11.5 Å². The summed E-state index contributed by atoms with van der Waals surface area (Å²) in [5.41, 5.74) is 1.40. The molecule has 0 saturated heterocycles. The molecule has 0 aliphatic rings. The molecule has 2 rings (SSSR count). The summed E-state index contributed by atoms with van der Waals surface area (Å²) >= 11 is 0. The molecule has 1 aromatic heterocycles. The molecule has 138 valence electrons. The zero-order valence-electron chi connectivity index (χ0n) is 15.2. The van der Waals surface area contributed by atoms with E-state index in [0.717, 1.165) is 5.56 Å². The Hall–Kier alpha value is -3.09. The molecular formula is C19H23N3O4. The van der Waals surface area contributed by atoms with E-state index in [1.807, 2.05) is 12.1 Å². The van der Waals surface area contributed by atoms with Crippen molar-refractivity contribution in [3.8, 4) is 11.5 Å². The van der Waals surface area contributed by atoms with Crippen LogP contribution >= 0.6 is 0 Å². The van der Waals surface area contributed by atoms with E-state index in [4.69, 9.17) is 9.47 Å². The first-order valence-electron chi connectivity index (χ1n) is 8.19. The van der Waals surface area contributed by atoms with Crippen molar-refractivity contribution in [1.82, 2.24) is 15.2 Å². The fraction of sp³-hybridized carbons (Fsp3) is 0.316. The maximum atomic E-state index is 12.3. The fourth-order valence-corrected chi connectivity index (χ4v) is 2.44. The second kappa shape index (κ2) is 9.41. The van der Waals surface area contributed by atoms with Crippen molar-refractivity contribution in [2.24, 2.45) is 0 Å². The van der Waals surface area contributed by atoms with Gasteiger partial charge in [0, 0.05) is 44.5 Å². The highest BCUT2D eigenvalue weighted by Crippen LogP contribution is 2.27. The van der Waals surface area contributed by atoms with Crippen LogP contribution in [0.25, 0.3) is 0 Å². The molecule has 0 unspecified atom stereocenters. The van der Waals surface area contributed by atoms with Gasteiger partial charge in [-0.15, -0.1) is 0 Å². The van der Waals surface area contributed by atoms with Crippen molar-refractivity contribution in [2.45, 2.75) is 13.5 Å². The predicted molar refractivity (Wildman–Crippen MR) is 97.2 cm³/mol. The molecule has 1 aromatic carbocycles. The maximum absolute atomic E-state index is 12.3. The van der Waals surface area contributed by atoms with E-state index in [9.17, 15) is 9.59 Å². The first-order valence-corrected chi connectivity index (χ1v) is 8.19. The van der Waals surface area contributed by atoms with Gasteiger partial charge in [0.25, 0.3) is 5.91 Å². The number of ether oxygens (including phenoxy) is 2. The number of carbonyl (C=O) groups is 2. The largest absolute Gasteiger partial charge is 0.493 e. The summed E-state index contributed by atoms with van der Waals surface area (Å²) in [7, 11) is 3.05. The number of nitrogens with zero attached hydrogens (tertiary/aromatic N) is 2. The highest BCUT2D eigenvalue weighted by molar-refractivity contribution is 5.94. The molecule has 0 radical (unpaired) electrons. The molecule has 2 amide bonds. The van der Waals surface area contributed by atoms with Crippen molar-refractivity contribution < 1.29 is 19.1 Å². The number of pyridine rings is 1. The van der Waals surface area contributed by atoms with Crippen LogP contribution in [0.2, 0.25) is 0 Å². The van der Waals surface area contributed by atoms with Crippen molar-refractivity contribution in [1.29, 1.82) is 0 Å². The minimum absolute atomic E-state index is 0.0609. The Kier molecular flexibility index (Phi) is 6.96. The summed E-state index contributed by atoms with van der Waals surface area (Å²) < 4.78 is 10.4. The van der Waals surface area contributed by atoms with E-state index in [0.29, 0.717) is 36.7 Å². The lowest BCUT2D eigenvalue weighted by Gasteiger charge is -2.21. The molecule has 26 heavy (non-hydrogen) atoms. The Labute approximate surface area is 152 Å². The second-order valence-corrected chi connectivity index (χ2v) is 5.63. The quantitative estimate of drug-likeness (QED) is 0.780. The molecule has 7 nitrogen and oxygen atoms in total. The lowest BCUT2D eigenvalue weighted by atomic mass is 10.2. The van der Waals surface area contributed by atoms with Crippen LogP contribution in [0, 0.1) is 0 Å². The molecule has 0 bridgehead atoms. The Morgan fingerprint density at radius 1 is 1.15 bits per heavy atom. The molecule has 0 aliphatic heterocycles. The number of rotatable bonds is 8. The maximum Gasteiger partial charge on any atom is 0.251 e. The highest BCUT2D eigenvalue weighted by atomic mass is 16.5. The van der Waals surface area contributed by atoms with Gasteiger partial charge in [-0.05, 0) is 29.8 Å². The summed E-state index contributed by atoms with van der Waals surface area (Å²) in [5.74, 6) is 0.746. The van der Waals surface area contributed by atoms with Gasteiger partial charge >= 0.3 is 0 Å². The molecule has 0 aliphatic carbocycles. The van der Waals surface area contributed by atoms with Crippen molar-refractivity contribution in [3.05, 3.63) is 53.9 Å². The van der Waals surface area contributed by atoms with Crippen molar-refractivity contribution in [2.75, 3.05) is 27.3 Å². The molecule has 0 saturated carbocycles. The van der Waals surface area contributed by atoms with Crippen LogP contribution in [0.1, 0.15) is 22.8 Å². The number of benzene rings is 1. The molecule has 0 fully saturated rings. The van der Waals surface area contributed by atoms with E-state index in [1.165, 1.54) is 21.1 Å². The van der Waals surface area contributed by atoms with Crippen LogP contribution in [-0.2, 0) is 11.3 Å². The minimum atomic E-state index is -0.240. The van der Waals surface area contributed by atoms with Gasteiger partial charge in [-0.3, -0.25) is 14.6 Å². The van der Waals surface area contributed by atoms with E-state index in [1.54, 1.807) is 35.5 Å². The Balaban J connectivity index is 1.92. The van der Waals surface area contributed by atoms with E-state index in [2.05, 4.69) is 10.3 Å². The molecule has 0 atom stereocenters. The third kappa shape index (κ3) is 5.20. The number of hydrogen-bond donors (Lipinski definition) is 1. The Morgan fingerprint density at radius 3 is 2.54 bits per heavy atom. The average Bonchev–Trinajstić information content (AvgIpc) is 2.67. The van der Waals surface area contributed by atoms with Crippen LogP contribution in [0.15, 0.2) is 42.7 Å². The monoisotopic (exact) mass is 357 g/mol. The number of carbonyl (C=O) groups excluding carboxylic acids is 2. The van der Waals surface area contributed by atoms with Gasteiger partial charge in [-0.1, -0.05) is 6.07 Å². The predicted octanol–water partition coefficient (Wildman–Crippen LogP) is 1.88. The smallest absolute Gasteiger partial charge is 0.251 e. The summed E-state index contributed by atoms with van der Waals surface area (Å²) in [6, 6.07) is 8.69. The van der Waals surface area contributed by atoms with Gasteiger partial charge in [-0.2, -0.15) is 0 Å². The first-order chi connectivity index (χ1) is 12.5. The standard InChI is InChI=1S/C19H23N3O4/c1-14(23)22(13-15-5-4-8-20-12-15)10-9-21-19(24)16-6-7-17(25-2)18(11-16)26-3/h4-8,11-12H,9-10,13H2,1-3H3,(H,21,24). The molecule has 1 heterocycles. The van der Waals surface area contributed by atoms with Gasteiger partial charge in [0.05, 0.1) is 14.2 Å². The first kappa shape index (κ1) is 19.2. The summed E-state index contributed by atoms with van der Waals surface area (Å²) in [6.45, 7) is 2.71. The lowest BCUT2D eigenvalue weighted by molar-refractivity contribution is -0.129. The van der Waals surface area contributed by atoms with Crippen LogP contribution < -0.4 is 14.8 Å². The lowest BCUT2D eigenvalue weighted by Crippen LogP contribution is -2.37. The van der Waals surface area contributed by atoms with E-state index < -0.39 is 0 Å². The number of amides is 2. The van der Waals surface area contributed by atoms with Gasteiger partial charge < -0.3 is 19.7 Å². The zero-order valence-corrected chi connectivity index (χ0v) is 15.2. The van der Waals surface area contributed by atoms with Crippen molar-refractivity contribution in [3.63, 3.8) is 0 Å². The second-order valence-electron chi connectivity index (χ2n) is 5.63. The number of aromatic nitrogens is 1. The molecule has 7 heteroatoms. The summed E-state index contributed by atoms with van der Waals surface area (Å²) in [4.78, 5) is 29.8. The Morgan fingerprint density at radius 2 is 1.92 bits per heavy atom. The van der Waals surface area contributed by atoms with E-state index in [-0.39, 0.29) is 11.8 Å². The normalized spacial score (nSPS) is 10.1. The molecule has 1 N–H and O–H groups in total. The Bertz CT molecular complexity index is 750. The van der Waals surface area contributed by atoms with Crippen LogP contribution in [0.4, 0.5) is 0 Å². The van der Waals surface area contributed by atoms with Gasteiger partial charge in [-0.25, -0.2) is 0 Å². The van der Waals surface area contributed by atoms with Gasteiger partial charge in [0.2, 0.25) is 5.91 Å². The van der Waals surface area contributed by atoms with Gasteiger partial charge in [0.15, 0.2) is 11.5 Å². The number of nitrogens with one attached hydrogen (secondary N) is 1. The molecular weight excluding hydrogens is 334 g/mol. The average molecular weight is 357 g/mol. The summed E-state index contributed by atoms with van der Waals surface area (Å²) in [6.07, 6.45) is 3.41. The summed E-state index contributed by atoms with van der Waals surface area (Å²) in [5, 5.41) is 2.81. The molecule has 2 aromatic rings.